The molecule has 0 fully saturated rings. The van der Waals surface area contributed by atoms with Crippen molar-refractivity contribution in [3.05, 3.63) is 29.6 Å². The van der Waals surface area contributed by atoms with Gasteiger partial charge in [-0.3, -0.25) is 0 Å². The molecule has 0 aliphatic rings. The SMILES string of the molecule is CCCn1c(COC(C)C)nc2cc(C#N)ccc21. The predicted octanol–water partition coefficient (Wildman–Crippen LogP) is 3.24. The van der Waals surface area contributed by atoms with E-state index in [4.69, 9.17) is 10.00 Å². The van der Waals surface area contributed by atoms with Crippen molar-refractivity contribution >= 4 is 11.0 Å². The fraction of sp³-hybridized carbons (Fsp3) is 0.467. The zero-order valence-electron chi connectivity index (χ0n) is 11.7. The Hall–Kier alpha value is -1.86. The summed E-state index contributed by atoms with van der Waals surface area (Å²) in [5, 5.41) is 8.94. The van der Waals surface area contributed by atoms with Crippen LogP contribution in [0.15, 0.2) is 18.2 Å². The third kappa shape index (κ3) is 2.94. The second-order valence-corrected chi connectivity index (χ2v) is 4.85. The number of hydrogen-bond donors (Lipinski definition) is 0. The normalized spacial score (nSPS) is 11.1. The van der Waals surface area contributed by atoms with Crippen LogP contribution in [0.25, 0.3) is 11.0 Å². The Bertz CT molecular complexity index is 608. The van der Waals surface area contributed by atoms with Crippen LogP contribution in [-0.4, -0.2) is 15.7 Å². The maximum absolute atomic E-state index is 8.94. The van der Waals surface area contributed by atoms with E-state index in [2.05, 4.69) is 22.5 Å². The van der Waals surface area contributed by atoms with Gasteiger partial charge in [-0.15, -0.1) is 0 Å². The Kier molecular flexibility index (Phi) is 4.18. The van der Waals surface area contributed by atoms with Crippen LogP contribution >= 0.6 is 0 Å². The number of rotatable bonds is 5. The molecule has 0 N–H and O–H groups in total. The average molecular weight is 257 g/mol. The summed E-state index contributed by atoms with van der Waals surface area (Å²) in [6.45, 7) is 7.59. The van der Waals surface area contributed by atoms with E-state index in [0.717, 1.165) is 29.8 Å². The Morgan fingerprint density at radius 2 is 2.21 bits per heavy atom. The second kappa shape index (κ2) is 5.85. The summed E-state index contributed by atoms with van der Waals surface area (Å²) >= 11 is 0. The molecule has 4 nitrogen and oxygen atoms in total. The van der Waals surface area contributed by atoms with Gasteiger partial charge in [0.25, 0.3) is 0 Å². The molecular formula is C15H19N3O. The van der Waals surface area contributed by atoms with Crippen LogP contribution in [0.1, 0.15) is 38.6 Å². The number of aryl methyl sites for hydroxylation is 1. The van der Waals surface area contributed by atoms with Crippen molar-refractivity contribution in [1.82, 2.24) is 9.55 Å². The molecule has 0 bridgehead atoms. The lowest BCUT2D eigenvalue weighted by Gasteiger charge is -2.10. The van der Waals surface area contributed by atoms with Gasteiger partial charge in [-0.05, 0) is 38.5 Å². The zero-order chi connectivity index (χ0) is 13.8. The van der Waals surface area contributed by atoms with E-state index in [1.54, 1.807) is 0 Å². The molecule has 1 aromatic heterocycles. The van der Waals surface area contributed by atoms with Crippen molar-refractivity contribution in [2.24, 2.45) is 0 Å². The molecule has 2 rings (SSSR count). The van der Waals surface area contributed by atoms with Gasteiger partial charge >= 0.3 is 0 Å². The maximum atomic E-state index is 8.94. The van der Waals surface area contributed by atoms with E-state index < -0.39 is 0 Å². The van der Waals surface area contributed by atoms with Crippen molar-refractivity contribution in [3.8, 4) is 6.07 Å². The van der Waals surface area contributed by atoms with E-state index in [1.165, 1.54) is 0 Å². The second-order valence-electron chi connectivity index (χ2n) is 4.85. The highest BCUT2D eigenvalue weighted by molar-refractivity contribution is 5.77. The highest BCUT2D eigenvalue weighted by atomic mass is 16.5. The molecule has 0 aliphatic heterocycles. The number of benzene rings is 1. The van der Waals surface area contributed by atoms with Gasteiger partial charge in [0.15, 0.2) is 0 Å². The summed E-state index contributed by atoms with van der Waals surface area (Å²) in [4.78, 5) is 4.60. The molecule has 0 unspecified atom stereocenters. The van der Waals surface area contributed by atoms with Gasteiger partial charge in [0.1, 0.15) is 12.4 Å². The summed E-state index contributed by atoms with van der Waals surface area (Å²) in [5.74, 6) is 0.931. The van der Waals surface area contributed by atoms with Crippen molar-refractivity contribution in [2.45, 2.75) is 46.4 Å². The maximum Gasteiger partial charge on any atom is 0.136 e. The fourth-order valence-corrected chi connectivity index (χ4v) is 2.07. The number of imidazole rings is 1. The Balaban J connectivity index is 2.43. The van der Waals surface area contributed by atoms with Crippen LogP contribution in [0.4, 0.5) is 0 Å². The minimum absolute atomic E-state index is 0.185. The lowest BCUT2D eigenvalue weighted by molar-refractivity contribution is 0.0597. The largest absolute Gasteiger partial charge is 0.371 e. The molecule has 2 aromatic rings. The minimum atomic E-state index is 0.185. The summed E-state index contributed by atoms with van der Waals surface area (Å²) in [6.07, 6.45) is 1.23. The molecule has 0 atom stereocenters. The molecule has 0 spiro atoms. The smallest absolute Gasteiger partial charge is 0.136 e. The van der Waals surface area contributed by atoms with Gasteiger partial charge in [0.05, 0.1) is 28.8 Å². The number of fused-ring (bicyclic) bond motifs is 1. The van der Waals surface area contributed by atoms with Crippen LogP contribution in [0.5, 0.6) is 0 Å². The van der Waals surface area contributed by atoms with Gasteiger partial charge in [-0.2, -0.15) is 5.26 Å². The van der Waals surface area contributed by atoms with Gasteiger partial charge in [-0.1, -0.05) is 6.92 Å². The molecule has 1 aromatic carbocycles. The number of aromatic nitrogens is 2. The average Bonchev–Trinajstić information content (AvgIpc) is 2.74. The summed E-state index contributed by atoms with van der Waals surface area (Å²) in [6, 6.07) is 7.79. The molecule has 0 saturated carbocycles. The lowest BCUT2D eigenvalue weighted by atomic mass is 10.2. The van der Waals surface area contributed by atoms with E-state index in [-0.39, 0.29) is 6.10 Å². The highest BCUT2D eigenvalue weighted by Gasteiger charge is 2.11. The van der Waals surface area contributed by atoms with Gasteiger partial charge in [0.2, 0.25) is 0 Å². The molecule has 1 heterocycles. The molecule has 19 heavy (non-hydrogen) atoms. The van der Waals surface area contributed by atoms with E-state index in [1.807, 2.05) is 32.0 Å². The van der Waals surface area contributed by atoms with E-state index >= 15 is 0 Å². The monoisotopic (exact) mass is 257 g/mol. The third-order valence-corrected chi connectivity index (χ3v) is 2.95. The van der Waals surface area contributed by atoms with Crippen molar-refractivity contribution in [3.63, 3.8) is 0 Å². The van der Waals surface area contributed by atoms with Crippen LogP contribution in [0, 0.1) is 11.3 Å². The van der Waals surface area contributed by atoms with Gasteiger partial charge in [-0.25, -0.2) is 4.98 Å². The fourth-order valence-electron chi connectivity index (χ4n) is 2.07. The first kappa shape index (κ1) is 13.6. The number of nitrogens with zero attached hydrogens (tertiary/aromatic N) is 3. The summed E-state index contributed by atoms with van der Waals surface area (Å²) < 4.78 is 7.83. The first-order chi connectivity index (χ1) is 9.15. The predicted molar refractivity (Wildman–Crippen MR) is 74.7 cm³/mol. The zero-order valence-corrected chi connectivity index (χ0v) is 11.7. The van der Waals surface area contributed by atoms with Crippen molar-refractivity contribution in [1.29, 1.82) is 5.26 Å². The molecular weight excluding hydrogens is 238 g/mol. The van der Waals surface area contributed by atoms with Crippen LogP contribution in [0.2, 0.25) is 0 Å². The first-order valence-corrected chi connectivity index (χ1v) is 6.66. The minimum Gasteiger partial charge on any atom is -0.371 e. The first-order valence-electron chi connectivity index (χ1n) is 6.66. The van der Waals surface area contributed by atoms with Crippen molar-refractivity contribution < 1.29 is 4.74 Å². The molecule has 4 heteroatoms. The van der Waals surface area contributed by atoms with E-state index in [0.29, 0.717) is 12.2 Å². The van der Waals surface area contributed by atoms with Crippen molar-refractivity contribution in [2.75, 3.05) is 0 Å². The summed E-state index contributed by atoms with van der Waals surface area (Å²) in [5.41, 5.74) is 2.59. The lowest BCUT2D eigenvalue weighted by Crippen LogP contribution is -2.09. The Morgan fingerprint density at radius 1 is 1.42 bits per heavy atom. The quantitative estimate of drug-likeness (QED) is 0.826. The number of hydrogen-bond acceptors (Lipinski definition) is 3. The van der Waals surface area contributed by atoms with Crippen LogP contribution in [-0.2, 0) is 17.9 Å². The highest BCUT2D eigenvalue weighted by Crippen LogP contribution is 2.19. The molecule has 100 valence electrons. The third-order valence-electron chi connectivity index (χ3n) is 2.95. The standard InChI is InChI=1S/C15H19N3O/c1-4-7-18-14-6-5-12(9-16)8-13(14)17-15(18)10-19-11(2)3/h5-6,8,11H,4,7,10H2,1-3H3. The Labute approximate surface area is 113 Å². The number of ether oxygens (including phenoxy) is 1. The number of nitriles is 1. The van der Waals surface area contributed by atoms with E-state index in [9.17, 15) is 0 Å². The molecule has 0 radical (unpaired) electrons. The summed E-state index contributed by atoms with van der Waals surface area (Å²) in [7, 11) is 0. The van der Waals surface area contributed by atoms with Crippen LogP contribution in [0.3, 0.4) is 0 Å². The Morgan fingerprint density at radius 3 is 2.84 bits per heavy atom. The topological polar surface area (TPSA) is 50.8 Å². The van der Waals surface area contributed by atoms with Crippen LogP contribution < -0.4 is 0 Å². The molecule has 0 aliphatic carbocycles. The van der Waals surface area contributed by atoms with Gasteiger partial charge < -0.3 is 9.30 Å². The molecule has 0 amide bonds. The van der Waals surface area contributed by atoms with Gasteiger partial charge in [0, 0.05) is 6.54 Å². The molecule has 0 saturated heterocycles.